The van der Waals surface area contributed by atoms with Crippen LogP contribution in [0.3, 0.4) is 0 Å². The van der Waals surface area contributed by atoms with E-state index in [0.717, 1.165) is 29.1 Å². The van der Waals surface area contributed by atoms with Crippen LogP contribution in [-0.4, -0.2) is 16.8 Å². The minimum Gasteiger partial charge on any atom is -0.317 e. The third-order valence-corrected chi connectivity index (χ3v) is 4.80. The van der Waals surface area contributed by atoms with E-state index in [1.54, 1.807) is 6.21 Å². The van der Waals surface area contributed by atoms with Gasteiger partial charge >= 0.3 is 6.03 Å². The molecular formula is C23H26N4O. The number of hydrogen-bond acceptors (Lipinski definition) is 2. The summed E-state index contributed by atoms with van der Waals surface area (Å²) in [6.45, 7) is 8.47. The van der Waals surface area contributed by atoms with Crippen molar-refractivity contribution < 1.29 is 4.79 Å². The van der Waals surface area contributed by atoms with Crippen LogP contribution in [0, 0.1) is 20.8 Å². The highest BCUT2D eigenvalue weighted by Crippen LogP contribution is 2.26. The smallest absolute Gasteiger partial charge is 0.317 e. The lowest BCUT2D eigenvalue weighted by Gasteiger charge is -2.17. The van der Waals surface area contributed by atoms with Crippen molar-refractivity contribution in [2.45, 2.75) is 34.1 Å². The monoisotopic (exact) mass is 374 g/mol. The second-order valence-electron chi connectivity index (χ2n) is 6.79. The predicted octanol–water partition coefficient (Wildman–Crippen LogP) is 5.12. The van der Waals surface area contributed by atoms with Crippen molar-refractivity contribution in [2.24, 2.45) is 5.10 Å². The molecule has 0 saturated heterocycles. The minimum absolute atomic E-state index is 0.372. The average Bonchev–Trinajstić information content (AvgIpc) is 2.96. The number of carbonyl (C=O) groups is 1. The topological polar surface area (TPSA) is 58.4 Å². The maximum atomic E-state index is 12.0. The van der Waals surface area contributed by atoms with Gasteiger partial charge in [-0.1, -0.05) is 43.3 Å². The van der Waals surface area contributed by atoms with Gasteiger partial charge in [0, 0.05) is 22.6 Å². The molecule has 144 valence electrons. The Balaban J connectivity index is 1.79. The van der Waals surface area contributed by atoms with E-state index in [0.29, 0.717) is 0 Å². The van der Waals surface area contributed by atoms with Gasteiger partial charge in [0.1, 0.15) is 0 Å². The number of nitrogens with one attached hydrogen (secondary N) is 2. The van der Waals surface area contributed by atoms with Gasteiger partial charge in [0.25, 0.3) is 0 Å². The van der Waals surface area contributed by atoms with Crippen molar-refractivity contribution in [3.05, 3.63) is 82.7 Å². The number of rotatable bonds is 5. The summed E-state index contributed by atoms with van der Waals surface area (Å²) in [6, 6.07) is 17.4. The van der Waals surface area contributed by atoms with Gasteiger partial charge < -0.3 is 9.88 Å². The molecule has 28 heavy (non-hydrogen) atoms. The lowest BCUT2D eigenvalue weighted by Crippen LogP contribution is -2.24. The number of hydrogen-bond donors (Lipinski definition) is 2. The Kier molecular flexibility index (Phi) is 5.94. The molecule has 1 heterocycles. The van der Waals surface area contributed by atoms with Gasteiger partial charge in [-0.2, -0.15) is 5.10 Å². The number of para-hydroxylation sites is 2. The Bertz CT molecular complexity index is 1000. The van der Waals surface area contributed by atoms with Gasteiger partial charge in [-0.15, -0.1) is 0 Å². The highest BCUT2D eigenvalue weighted by molar-refractivity contribution is 5.90. The van der Waals surface area contributed by atoms with E-state index in [1.165, 1.54) is 16.8 Å². The number of carbonyl (C=O) groups excluding carboxylic acids is 1. The highest BCUT2D eigenvalue weighted by atomic mass is 16.2. The van der Waals surface area contributed by atoms with E-state index in [4.69, 9.17) is 0 Å². The van der Waals surface area contributed by atoms with Gasteiger partial charge in [-0.05, 0) is 56.5 Å². The van der Waals surface area contributed by atoms with Crippen LogP contribution >= 0.6 is 0 Å². The Hall–Kier alpha value is -3.34. The molecule has 0 aliphatic heterocycles. The zero-order valence-electron chi connectivity index (χ0n) is 16.8. The van der Waals surface area contributed by atoms with Crippen molar-refractivity contribution in [3.8, 4) is 5.69 Å². The van der Waals surface area contributed by atoms with Gasteiger partial charge in [0.2, 0.25) is 0 Å². The van der Waals surface area contributed by atoms with Crippen LogP contribution in [0.2, 0.25) is 0 Å². The van der Waals surface area contributed by atoms with Crippen molar-refractivity contribution in [3.63, 3.8) is 0 Å². The first kappa shape index (κ1) is 19.4. The fourth-order valence-corrected chi connectivity index (χ4v) is 3.43. The molecule has 2 amide bonds. The fourth-order valence-electron chi connectivity index (χ4n) is 3.43. The molecule has 0 fully saturated rings. The Morgan fingerprint density at radius 1 is 1.07 bits per heavy atom. The molecule has 0 aliphatic carbocycles. The Morgan fingerprint density at radius 3 is 2.54 bits per heavy atom. The molecule has 0 bridgehead atoms. The molecule has 2 N–H and O–H groups in total. The van der Waals surface area contributed by atoms with E-state index in [9.17, 15) is 4.79 Å². The number of aromatic nitrogens is 1. The maximum Gasteiger partial charge on any atom is 0.339 e. The number of urea groups is 1. The number of anilines is 1. The quantitative estimate of drug-likeness (QED) is 0.472. The average molecular weight is 374 g/mol. The summed E-state index contributed by atoms with van der Waals surface area (Å²) < 4.78 is 2.26. The largest absolute Gasteiger partial charge is 0.339 e. The van der Waals surface area contributed by atoms with Gasteiger partial charge in [0.15, 0.2) is 0 Å². The van der Waals surface area contributed by atoms with Gasteiger partial charge in [-0.25, -0.2) is 10.2 Å². The summed E-state index contributed by atoms with van der Waals surface area (Å²) in [6.07, 6.45) is 2.66. The minimum atomic E-state index is -0.372. The molecule has 0 atom stereocenters. The van der Waals surface area contributed by atoms with E-state index >= 15 is 0 Å². The lowest BCUT2D eigenvalue weighted by atomic mass is 10.1. The first-order chi connectivity index (χ1) is 13.5. The van der Waals surface area contributed by atoms with E-state index < -0.39 is 0 Å². The second-order valence-corrected chi connectivity index (χ2v) is 6.79. The molecule has 3 aromatic rings. The maximum absolute atomic E-state index is 12.0. The third kappa shape index (κ3) is 4.14. The van der Waals surface area contributed by atoms with Crippen molar-refractivity contribution in [2.75, 3.05) is 5.32 Å². The molecule has 2 aromatic carbocycles. The van der Waals surface area contributed by atoms with Crippen LogP contribution in [-0.2, 0) is 6.42 Å². The van der Waals surface area contributed by atoms with Crippen molar-refractivity contribution in [1.29, 1.82) is 0 Å². The van der Waals surface area contributed by atoms with Crippen molar-refractivity contribution in [1.82, 2.24) is 9.99 Å². The molecule has 0 spiro atoms. The van der Waals surface area contributed by atoms with E-state index in [1.807, 2.05) is 30.3 Å². The number of nitrogens with zero attached hydrogens (tertiary/aromatic N) is 2. The molecule has 0 aliphatic rings. The van der Waals surface area contributed by atoms with E-state index in [2.05, 4.69) is 72.4 Å². The molecule has 0 saturated carbocycles. The van der Waals surface area contributed by atoms with Crippen LogP contribution in [0.4, 0.5) is 10.5 Å². The first-order valence-corrected chi connectivity index (χ1v) is 9.44. The Labute approximate surface area is 166 Å². The van der Waals surface area contributed by atoms with Crippen LogP contribution < -0.4 is 10.7 Å². The van der Waals surface area contributed by atoms with Crippen LogP contribution in [0.25, 0.3) is 5.69 Å². The number of amides is 2. The number of aryl methyl sites for hydroxylation is 3. The standard InChI is InChI=1S/C23H26N4O/c1-5-19-11-9-10-16(2)22(19)27-17(3)14-20(18(27)4)15-24-26-23(28)25-21-12-7-6-8-13-21/h6-15H,5H2,1-4H3,(H2,25,26,28)/b24-15+. The summed E-state index contributed by atoms with van der Waals surface area (Å²) in [5.41, 5.74) is 10.2. The van der Waals surface area contributed by atoms with Gasteiger partial charge in [-0.3, -0.25) is 0 Å². The summed E-state index contributed by atoms with van der Waals surface area (Å²) in [4.78, 5) is 12.0. The van der Waals surface area contributed by atoms with Crippen LogP contribution in [0.1, 0.15) is 35.0 Å². The third-order valence-electron chi connectivity index (χ3n) is 4.80. The molecular weight excluding hydrogens is 348 g/mol. The molecule has 5 nitrogen and oxygen atoms in total. The van der Waals surface area contributed by atoms with Crippen LogP contribution in [0.15, 0.2) is 59.7 Å². The molecule has 0 unspecified atom stereocenters. The number of benzene rings is 2. The fraction of sp³-hybridized carbons (Fsp3) is 0.217. The summed E-state index contributed by atoms with van der Waals surface area (Å²) >= 11 is 0. The number of hydrazone groups is 1. The predicted molar refractivity (Wildman–Crippen MR) is 116 cm³/mol. The van der Waals surface area contributed by atoms with Gasteiger partial charge in [0.05, 0.1) is 11.9 Å². The molecule has 1 aromatic heterocycles. The second kappa shape index (κ2) is 8.57. The van der Waals surface area contributed by atoms with Crippen molar-refractivity contribution >= 4 is 17.9 Å². The highest BCUT2D eigenvalue weighted by Gasteiger charge is 2.14. The summed E-state index contributed by atoms with van der Waals surface area (Å²) in [7, 11) is 0. The summed E-state index contributed by atoms with van der Waals surface area (Å²) in [5.74, 6) is 0. The van der Waals surface area contributed by atoms with E-state index in [-0.39, 0.29) is 6.03 Å². The molecule has 5 heteroatoms. The molecule has 0 radical (unpaired) electrons. The Morgan fingerprint density at radius 2 is 1.82 bits per heavy atom. The molecule has 3 rings (SSSR count). The first-order valence-electron chi connectivity index (χ1n) is 9.44. The normalized spacial score (nSPS) is 11.0. The summed E-state index contributed by atoms with van der Waals surface area (Å²) in [5, 5.41) is 6.85. The lowest BCUT2D eigenvalue weighted by molar-refractivity contribution is 0.252. The van der Waals surface area contributed by atoms with Crippen LogP contribution in [0.5, 0.6) is 0 Å². The zero-order chi connectivity index (χ0) is 20.1. The SMILES string of the molecule is CCc1cccc(C)c1-n1c(C)cc(/C=N/NC(=O)Nc2ccccc2)c1C. The zero-order valence-corrected chi connectivity index (χ0v) is 16.8.